The fourth-order valence-corrected chi connectivity index (χ4v) is 3.26. The monoisotopic (exact) mass is 262 g/mol. The van der Waals surface area contributed by atoms with E-state index >= 15 is 0 Å². The van der Waals surface area contributed by atoms with Crippen molar-refractivity contribution in [3.63, 3.8) is 0 Å². The lowest BCUT2D eigenvalue weighted by Crippen LogP contribution is -2.33. The van der Waals surface area contributed by atoms with Crippen molar-refractivity contribution >= 4 is 11.8 Å². The first-order chi connectivity index (χ1) is 9.16. The third-order valence-electron chi connectivity index (χ3n) is 4.63. The third kappa shape index (κ3) is 2.53. The van der Waals surface area contributed by atoms with Crippen LogP contribution in [0, 0.1) is 5.92 Å². The minimum Gasteiger partial charge on any atom is -0.356 e. The van der Waals surface area contributed by atoms with Crippen molar-refractivity contribution in [1.29, 1.82) is 0 Å². The van der Waals surface area contributed by atoms with Crippen LogP contribution in [0.15, 0.2) is 11.1 Å². The van der Waals surface area contributed by atoms with Gasteiger partial charge < -0.3 is 10.2 Å². The lowest BCUT2D eigenvalue weighted by atomic mass is 9.88. The van der Waals surface area contributed by atoms with Crippen molar-refractivity contribution in [2.75, 3.05) is 13.6 Å². The van der Waals surface area contributed by atoms with Gasteiger partial charge in [-0.2, -0.15) is 0 Å². The summed E-state index contributed by atoms with van der Waals surface area (Å²) in [4.78, 5) is 26.0. The zero-order valence-electron chi connectivity index (χ0n) is 11.6. The van der Waals surface area contributed by atoms with Crippen LogP contribution >= 0.6 is 0 Å². The second kappa shape index (κ2) is 4.99. The number of nitrogens with zero attached hydrogens (tertiary/aromatic N) is 1. The van der Waals surface area contributed by atoms with Crippen LogP contribution in [-0.4, -0.2) is 36.3 Å². The standard InChI is InChI=1S/C15H22N2O2/c1-17-13-5-3-2-4-11(13)12(15(17)19)8-14(18)16-9-10-6-7-10/h10,13H,2-9H2,1H3,(H,16,18). The van der Waals surface area contributed by atoms with Crippen LogP contribution in [0.25, 0.3) is 0 Å². The average Bonchev–Trinajstić information content (AvgIpc) is 3.22. The fraction of sp³-hybridized carbons (Fsp3) is 0.733. The number of fused-ring (bicyclic) bond motifs is 1. The summed E-state index contributed by atoms with van der Waals surface area (Å²) in [6, 6.07) is 0.271. The molecule has 0 saturated heterocycles. The van der Waals surface area contributed by atoms with Gasteiger partial charge in [0.15, 0.2) is 0 Å². The Morgan fingerprint density at radius 3 is 2.84 bits per heavy atom. The van der Waals surface area contributed by atoms with Gasteiger partial charge in [-0.15, -0.1) is 0 Å². The van der Waals surface area contributed by atoms with Gasteiger partial charge in [-0.25, -0.2) is 0 Å². The molecule has 2 amide bonds. The van der Waals surface area contributed by atoms with E-state index in [-0.39, 0.29) is 24.3 Å². The predicted octanol–water partition coefficient (Wildman–Crippen LogP) is 1.61. The molecule has 4 nitrogen and oxygen atoms in total. The molecule has 1 heterocycles. The summed E-state index contributed by atoms with van der Waals surface area (Å²) in [6.07, 6.45) is 7.14. The van der Waals surface area contributed by atoms with E-state index in [1.165, 1.54) is 24.8 Å². The largest absolute Gasteiger partial charge is 0.356 e. The van der Waals surface area contributed by atoms with Gasteiger partial charge in [-0.05, 0) is 43.6 Å². The second-order valence-corrected chi connectivity index (χ2v) is 6.11. The maximum atomic E-state index is 12.2. The maximum absolute atomic E-state index is 12.2. The number of nitrogens with one attached hydrogen (secondary N) is 1. The first-order valence-corrected chi connectivity index (χ1v) is 7.42. The topological polar surface area (TPSA) is 49.4 Å². The summed E-state index contributed by atoms with van der Waals surface area (Å²) in [7, 11) is 1.87. The Balaban J connectivity index is 1.66. The molecule has 0 aromatic heterocycles. The molecule has 3 aliphatic rings. The molecule has 2 fully saturated rings. The molecule has 1 unspecified atom stereocenters. The first-order valence-electron chi connectivity index (χ1n) is 7.42. The van der Waals surface area contributed by atoms with Crippen molar-refractivity contribution in [3.05, 3.63) is 11.1 Å². The Bertz CT molecular complexity index is 437. The van der Waals surface area contributed by atoms with E-state index in [4.69, 9.17) is 0 Å². The molecular formula is C15H22N2O2. The zero-order valence-corrected chi connectivity index (χ0v) is 11.6. The Labute approximate surface area is 114 Å². The zero-order chi connectivity index (χ0) is 13.4. The predicted molar refractivity (Wildman–Crippen MR) is 72.4 cm³/mol. The first kappa shape index (κ1) is 12.7. The molecule has 1 atom stereocenters. The van der Waals surface area contributed by atoms with E-state index < -0.39 is 0 Å². The highest BCUT2D eigenvalue weighted by atomic mass is 16.2. The van der Waals surface area contributed by atoms with Crippen LogP contribution in [0.4, 0.5) is 0 Å². The Morgan fingerprint density at radius 2 is 2.11 bits per heavy atom. The second-order valence-electron chi connectivity index (χ2n) is 6.11. The molecule has 0 spiro atoms. The Morgan fingerprint density at radius 1 is 1.32 bits per heavy atom. The minimum absolute atomic E-state index is 0.0161. The molecule has 104 valence electrons. The summed E-state index contributed by atoms with van der Waals surface area (Å²) >= 11 is 0. The number of likely N-dealkylation sites (N-methyl/N-ethyl adjacent to an activating group) is 1. The van der Waals surface area contributed by atoms with E-state index in [2.05, 4.69) is 5.32 Å². The normalized spacial score (nSPS) is 26.7. The lowest BCUT2D eigenvalue weighted by Gasteiger charge is -2.26. The van der Waals surface area contributed by atoms with Gasteiger partial charge in [0, 0.05) is 19.2 Å². The molecule has 19 heavy (non-hydrogen) atoms. The van der Waals surface area contributed by atoms with Crippen LogP contribution in [0.3, 0.4) is 0 Å². The number of hydrogen-bond donors (Lipinski definition) is 1. The fourth-order valence-electron chi connectivity index (χ4n) is 3.26. The Kier molecular flexibility index (Phi) is 3.33. The molecule has 0 aromatic rings. The third-order valence-corrected chi connectivity index (χ3v) is 4.63. The van der Waals surface area contributed by atoms with Crippen molar-refractivity contribution in [2.45, 2.75) is 51.0 Å². The van der Waals surface area contributed by atoms with E-state index in [9.17, 15) is 9.59 Å². The summed E-state index contributed by atoms with van der Waals surface area (Å²) in [6.45, 7) is 0.787. The van der Waals surface area contributed by atoms with E-state index in [0.717, 1.165) is 31.4 Å². The van der Waals surface area contributed by atoms with E-state index in [0.29, 0.717) is 5.92 Å². The summed E-state index contributed by atoms with van der Waals surface area (Å²) in [5.41, 5.74) is 2.01. The molecule has 0 bridgehead atoms. The molecule has 2 saturated carbocycles. The molecule has 2 aliphatic carbocycles. The molecule has 4 heteroatoms. The number of carbonyl (C=O) groups excluding carboxylic acids is 2. The van der Waals surface area contributed by atoms with Crippen LogP contribution in [0.1, 0.15) is 44.9 Å². The number of amides is 2. The van der Waals surface area contributed by atoms with Gasteiger partial charge in [-0.1, -0.05) is 6.42 Å². The SMILES string of the molecule is CN1C(=O)C(CC(=O)NCC2CC2)=C2CCCCC21. The van der Waals surface area contributed by atoms with Crippen molar-refractivity contribution in [2.24, 2.45) is 5.92 Å². The van der Waals surface area contributed by atoms with Crippen LogP contribution in [-0.2, 0) is 9.59 Å². The van der Waals surface area contributed by atoms with Gasteiger partial charge >= 0.3 is 0 Å². The smallest absolute Gasteiger partial charge is 0.250 e. The van der Waals surface area contributed by atoms with Gasteiger partial charge in [0.2, 0.25) is 5.91 Å². The van der Waals surface area contributed by atoms with Gasteiger partial charge in [0.25, 0.3) is 5.91 Å². The summed E-state index contributed by atoms with van der Waals surface area (Å²) < 4.78 is 0. The van der Waals surface area contributed by atoms with Crippen molar-refractivity contribution < 1.29 is 9.59 Å². The van der Waals surface area contributed by atoms with Gasteiger partial charge in [0.1, 0.15) is 0 Å². The van der Waals surface area contributed by atoms with Crippen molar-refractivity contribution in [1.82, 2.24) is 10.2 Å². The summed E-state index contributed by atoms with van der Waals surface area (Å²) in [5, 5.41) is 2.96. The van der Waals surface area contributed by atoms with Gasteiger partial charge in [-0.3, -0.25) is 9.59 Å². The van der Waals surface area contributed by atoms with Gasteiger partial charge in [0.05, 0.1) is 12.5 Å². The van der Waals surface area contributed by atoms with E-state index in [1.54, 1.807) is 0 Å². The van der Waals surface area contributed by atoms with Crippen molar-refractivity contribution in [3.8, 4) is 0 Å². The quantitative estimate of drug-likeness (QED) is 0.837. The maximum Gasteiger partial charge on any atom is 0.250 e. The number of hydrogen-bond acceptors (Lipinski definition) is 2. The highest BCUT2D eigenvalue weighted by Crippen LogP contribution is 2.37. The molecule has 1 aliphatic heterocycles. The molecule has 0 aromatic carbocycles. The number of carbonyl (C=O) groups is 2. The Hall–Kier alpha value is -1.32. The minimum atomic E-state index is 0.0161. The molecule has 0 radical (unpaired) electrons. The van der Waals surface area contributed by atoms with Crippen LogP contribution in [0.5, 0.6) is 0 Å². The average molecular weight is 262 g/mol. The molecular weight excluding hydrogens is 240 g/mol. The molecule has 3 rings (SSSR count). The molecule has 1 N–H and O–H groups in total. The lowest BCUT2D eigenvalue weighted by molar-refractivity contribution is -0.127. The highest BCUT2D eigenvalue weighted by Gasteiger charge is 2.38. The van der Waals surface area contributed by atoms with Crippen LogP contribution in [0.2, 0.25) is 0 Å². The van der Waals surface area contributed by atoms with Crippen LogP contribution < -0.4 is 5.32 Å². The van der Waals surface area contributed by atoms with E-state index in [1.807, 2.05) is 11.9 Å². The highest BCUT2D eigenvalue weighted by molar-refractivity contribution is 6.02. The number of rotatable bonds is 4. The summed E-state index contributed by atoms with van der Waals surface area (Å²) in [5.74, 6) is 0.775.